The molecule has 0 spiro atoms. The van der Waals surface area contributed by atoms with E-state index in [-0.39, 0.29) is 27.7 Å². The summed E-state index contributed by atoms with van der Waals surface area (Å²) in [5.74, 6) is -0.751. The van der Waals surface area contributed by atoms with Crippen LogP contribution in [0.5, 0.6) is 0 Å². The molecule has 0 amide bonds. The highest BCUT2D eigenvalue weighted by atomic mass is 32.2. The van der Waals surface area contributed by atoms with Crippen molar-refractivity contribution in [1.29, 1.82) is 0 Å². The third-order valence-corrected chi connectivity index (χ3v) is 8.21. The lowest BCUT2D eigenvalue weighted by Crippen LogP contribution is -2.18. The van der Waals surface area contributed by atoms with Gasteiger partial charge in [0.25, 0.3) is 5.56 Å². The first-order chi connectivity index (χ1) is 13.9. The van der Waals surface area contributed by atoms with Crippen molar-refractivity contribution in [3.05, 3.63) is 55.6 Å². The normalized spacial score (nSPS) is 11.5. The van der Waals surface area contributed by atoms with E-state index in [2.05, 4.69) is 9.97 Å². The number of thiazole rings is 1. The molecule has 1 N–H and O–H groups in total. The first-order valence-electron chi connectivity index (χ1n) is 9.00. The van der Waals surface area contributed by atoms with E-state index in [0.717, 1.165) is 29.1 Å². The molecule has 0 saturated heterocycles. The number of pyridine rings is 1. The number of carbonyl (C=O) groups is 1. The first-order valence-corrected chi connectivity index (χ1v) is 12.4. The van der Waals surface area contributed by atoms with Crippen LogP contribution in [0.3, 0.4) is 0 Å². The standard InChI is InChI=1S/C19H20N2O5S3/c1-3-6-14-13(19(23)26-4-2)9-12(18(22)21-14)15-10-28-16(20-15)11-29(24,25)17-7-5-8-27-17/h5,7-10H,3-4,6,11H2,1-2H3,(H,21,22). The van der Waals surface area contributed by atoms with Gasteiger partial charge in [-0.3, -0.25) is 4.79 Å². The molecule has 0 saturated carbocycles. The van der Waals surface area contributed by atoms with E-state index < -0.39 is 15.8 Å². The summed E-state index contributed by atoms with van der Waals surface area (Å²) in [6, 6.07) is 4.71. The van der Waals surface area contributed by atoms with Crippen molar-refractivity contribution in [3.8, 4) is 11.3 Å². The maximum Gasteiger partial charge on any atom is 0.339 e. The number of hydrogen-bond acceptors (Lipinski definition) is 8. The minimum Gasteiger partial charge on any atom is -0.462 e. The Balaban J connectivity index is 1.96. The molecule has 0 bridgehead atoms. The first kappa shape index (κ1) is 21.4. The molecule has 29 heavy (non-hydrogen) atoms. The molecule has 3 aromatic heterocycles. The lowest BCUT2D eigenvalue weighted by molar-refractivity contribution is 0.0524. The van der Waals surface area contributed by atoms with Crippen LogP contribution in [0.1, 0.15) is 41.3 Å². The van der Waals surface area contributed by atoms with Crippen LogP contribution < -0.4 is 5.56 Å². The maximum absolute atomic E-state index is 12.6. The molecule has 3 aromatic rings. The minimum atomic E-state index is -3.49. The number of aromatic amines is 1. The van der Waals surface area contributed by atoms with E-state index in [1.807, 2.05) is 6.92 Å². The topological polar surface area (TPSA) is 106 Å². The summed E-state index contributed by atoms with van der Waals surface area (Å²) in [7, 11) is -3.49. The predicted molar refractivity (Wildman–Crippen MR) is 113 cm³/mol. The van der Waals surface area contributed by atoms with Crippen LogP contribution >= 0.6 is 22.7 Å². The number of aryl methyl sites for hydroxylation is 1. The highest BCUT2D eigenvalue weighted by Crippen LogP contribution is 2.26. The smallest absolute Gasteiger partial charge is 0.339 e. The number of sulfone groups is 1. The molecular weight excluding hydrogens is 432 g/mol. The van der Waals surface area contributed by atoms with Crippen LogP contribution in [0, 0.1) is 0 Å². The Morgan fingerprint density at radius 1 is 1.28 bits per heavy atom. The highest BCUT2D eigenvalue weighted by molar-refractivity contribution is 7.92. The lowest BCUT2D eigenvalue weighted by Gasteiger charge is -2.09. The third kappa shape index (κ3) is 4.82. The van der Waals surface area contributed by atoms with Gasteiger partial charge < -0.3 is 9.72 Å². The molecule has 0 unspecified atom stereocenters. The minimum absolute atomic E-state index is 0.212. The number of thiophene rings is 1. The summed E-state index contributed by atoms with van der Waals surface area (Å²) in [5.41, 5.74) is 0.990. The summed E-state index contributed by atoms with van der Waals surface area (Å²) in [6.07, 6.45) is 1.29. The van der Waals surface area contributed by atoms with E-state index in [0.29, 0.717) is 28.4 Å². The fourth-order valence-corrected chi connectivity index (χ4v) is 6.28. The molecule has 0 fully saturated rings. The molecule has 0 radical (unpaired) electrons. The van der Waals surface area contributed by atoms with Crippen molar-refractivity contribution in [3.63, 3.8) is 0 Å². The molecule has 7 nitrogen and oxygen atoms in total. The zero-order valence-electron chi connectivity index (χ0n) is 15.9. The number of rotatable bonds is 8. The zero-order valence-corrected chi connectivity index (χ0v) is 18.4. The van der Waals surface area contributed by atoms with Gasteiger partial charge in [-0.1, -0.05) is 19.4 Å². The number of hydrogen-bond donors (Lipinski definition) is 1. The fraction of sp³-hybridized carbons (Fsp3) is 0.316. The van der Waals surface area contributed by atoms with Gasteiger partial charge in [0.1, 0.15) is 15.0 Å². The zero-order chi connectivity index (χ0) is 21.0. The number of carbonyl (C=O) groups excluding carboxylic acids is 1. The van der Waals surface area contributed by atoms with E-state index in [1.54, 1.807) is 29.8 Å². The molecule has 0 aliphatic rings. The average Bonchev–Trinajstić information content (AvgIpc) is 3.34. The van der Waals surface area contributed by atoms with Gasteiger partial charge in [-0.2, -0.15) is 0 Å². The third-order valence-electron chi connectivity index (χ3n) is 4.06. The van der Waals surface area contributed by atoms with Gasteiger partial charge in [-0.15, -0.1) is 22.7 Å². The Morgan fingerprint density at radius 3 is 2.72 bits per heavy atom. The van der Waals surface area contributed by atoms with Crippen molar-refractivity contribution < 1.29 is 17.9 Å². The predicted octanol–water partition coefficient (Wildman–Crippen LogP) is 3.66. The molecule has 3 rings (SSSR count). The summed E-state index contributed by atoms with van der Waals surface area (Å²) >= 11 is 2.31. The Hall–Kier alpha value is -2.30. The van der Waals surface area contributed by atoms with Crippen molar-refractivity contribution >= 4 is 38.5 Å². The van der Waals surface area contributed by atoms with Gasteiger partial charge >= 0.3 is 5.97 Å². The van der Waals surface area contributed by atoms with Crippen molar-refractivity contribution in [2.24, 2.45) is 0 Å². The largest absolute Gasteiger partial charge is 0.462 e. The van der Waals surface area contributed by atoms with E-state index in [1.165, 1.54) is 6.07 Å². The van der Waals surface area contributed by atoms with Crippen LogP contribution in [0.15, 0.2) is 38.0 Å². The van der Waals surface area contributed by atoms with Gasteiger partial charge in [0.2, 0.25) is 0 Å². The molecule has 10 heteroatoms. The van der Waals surface area contributed by atoms with Gasteiger partial charge in [0, 0.05) is 11.1 Å². The van der Waals surface area contributed by atoms with Gasteiger partial charge in [-0.25, -0.2) is 18.2 Å². The monoisotopic (exact) mass is 452 g/mol. The number of nitrogens with one attached hydrogen (secondary N) is 1. The average molecular weight is 453 g/mol. The quantitative estimate of drug-likeness (QED) is 0.523. The summed E-state index contributed by atoms with van der Waals surface area (Å²) in [6.45, 7) is 3.88. The van der Waals surface area contributed by atoms with Gasteiger partial charge in [0.15, 0.2) is 9.84 Å². The Labute approximate surface area is 176 Å². The van der Waals surface area contributed by atoms with Crippen molar-refractivity contribution in [2.75, 3.05) is 6.61 Å². The van der Waals surface area contributed by atoms with Crippen molar-refractivity contribution in [2.45, 2.75) is 36.7 Å². The van der Waals surface area contributed by atoms with Crippen LogP contribution in [-0.4, -0.2) is 31.0 Å². The van der Waals surface area contributed by atoms with Crippen LogP contribution in [0.25, 0.3) is 11.3 Å². The second-order valence-electron chi connectivity index (χ2n) is 6.19. The summed E-state index contributed by atoms with van der Waals surface area (Å²) < 4.78 is 30.3. The SMILES string of the molecule is CCCc1[nH]c(=O)c(-c2csc(CS(=O)(=O)c3cccs3)n2)cc1C(=O)OCC. The second kappa shape index (κ2) is 9.02. The van der Waals surface area contributed by atoms with Gasteiger partial charge in [0.05, 0.1) is 23.4 Å². The molecule has 3 heterocycles. The highest BCUT2D eigenvalue weighted by Gasteiger charge is 2.21. The van der Waals surface area contributed by atoms with Gasteiger partial charge in [-0.05, 0) is 30.9 Å². The number of H-pyrrole nitrogens is 1. The molecule has 154 valence electrons. The van der Waals surface area contributed by atoms with Crippen LogP contribution in [0.2, 0.25) is 0 Å². The molecular formula is C19H20N2O5S3. The van der Waals surface area contributed by atoms with Crippen molar-refractivity contribution in [1.82, 2.24) is 9.97 Å². The molecule has 0 aliphatic heterocycles. The fourth-order valence-electron chi connectivity index (χ4n) is 2.77. The summed E-state index contributed by atoms with van der Waals surface area (Å²) in [4.78, 5) is 32.0. The number of esters is 1. The Bertz CT molecular complexity index is 1160. The number of ether oxygens (including phenoxy) is 1. The Kier molecular flexibility index (Phi) is 6.66. The molecule has 0 aliphatic carbocycles. The Morgan fingerprint density at radius 2 is 2.07 bits per heavy atom. The van der Waals surface area contributed by atoms with E-state index in [4.69, 9.17) is 4.74 Å². The number of nitrogens with zero attached hydrogens (tertiary/aromatic N) is 1. The van der Waals surface area contributed by atoms with Crippen LogP contribution in [0.4, 0.5) is 0 Å². The molecule has 0 aromatic carbocycles. The maximum atomic E-state index is 12.6. The van der Waals surface area contributed by atoms with E-state index >= 15 is 0 Å². The summed E-state index contributed by atoms with van der Waals surface area (Å²) in [5, 5.41) is 3.70. The lowest BCUT2D eigenvalue weighted by atomic mass is 10.1. The van der Waals surface area contributed by atoms with E-state index in [9.17, 15) is 18.0 Å². The molecule has 0 atom stereocenters. The number of aromatic nitrogens is 2. The van der Waals surface area contributed by atoms with Crippen LogP contribution in [-0.2, 0) is 26.7 Å². The second-order valence-corrected chi connectivity index (χ2v) is 10.3.